The molecule has 1 atom stereocenters. The molecule has 0 saturated heterocycles. The van der Waals surface area contributed by atoms with Gasteiger partial charge in [0.2, 0.25) is 0 Å². The molecule has 168 valence electrons. The number of ketones is 1. The lowest BCUT2D eigenvalue weighted by Crippen LogP contribution is -2.08. The van der Waals surface area contributed by atoms with E-state index in [-0.39, 0.29) is 11.7 Å². The molecule has 0 bridgehead atoms. The average Bonchev–Trinajstić information content (AvgIpc) is 3.22. The number of carbonyl (C=O) groups is 1. The molecule has 3 aromatic carbocycles. The summed E-state index contributed by atoms with van der Waals surface area (Å²) in [6, 6.07) is 28.0. The van der Waals surface area contributed by atoms with Gasteiger partial charge >= 0.3 is 0 Å². The molecular weight excluding hydrogens is 420 g/mol. The van der Waals surface area contributed by atoms with Gasteiger partial charge in [-0.3, -0.25) is 4.79 Å². The summed E-state index contributed by atoms with van der Waals surface area (Å²) in [5, 5.41) is 0. The number of hydrogen-bond acceptors (Lipinski definition) is 3. The molecule has 2 aliphatic carbocycles. The van der Waals surface area contributed by atoms with Crippen molar-refractivity contribution in [2.45, 2.75) is 6.42 Å². The van der Waals surface area contributed by atoms with Crippen molar-refractivity contribution in [3.05, 3.63) is 131 Å². The minimum Gasteiger partial charge on any atom is -0.497 e. The van der Waals surface area contributed by atoms with Crippen molar-refractivity contribution in [2.75, 3.05) is 14.2 Å². The highest BCUT2D eigenvalue weighted by Crippen LogP contribution is 2.49. The first-order valence-electron chi connectivity index (χ1n) is 11.4. The third kappa shape index (κ3) is 3.90. The molecule has 3 aromatic rings. The van der Waals surface area contributed by atoms with Gasteiger partial charge in [0.05, 0.1) is 14.2 Å². The fourth-order valence-corrected chi connectivity index (χ4v) is 4.79. The maximum atomic E-state index is 14.2. The minimum atomic E-state index is 0.0522. The van der Waals surface area contributed by atoms with Gasteiger partial charge in [0.15, 0.2) is 5.78 Å². The Hall–Kier alpha value is -4.11. The van der Waals surface area contributed by atoms with E-state index in [0.717, 1.165) is 56.9 Å². The van der Waals surface area contributed by atoms with E-state index in [9.17, 15) is 4.79 Å². The maximum Gasteiger partial charge on any atom is 0.195 e. The second-order valence-electron chi connectivity index (χ2n) is 8.34. The highest BCUT2D eigenvalue weighted by Gasteiger charge is 2.37. The zero-order valence-electron chi connectivity index (χ0n) is 19.3. The number of carbonyl (C=O) groups excluding carboxylic acids is 1. The summed E-state index contributed by atoms with van der Waals surface area (Å²) in [6.45, 7) is 0. The van der Waals surface area contributed by atoms with Crippen LogP contribution < -0.4 is 4.74 Å². The van der Waals surface area contributed by atoms with Crippen LogP contribution in [0.25, 0.3) is 16.7 Å². The first-order chi connectivity index (χ1) is 16.7. The fourth-order valence-electron chi connectivity index (χ4n) is 4.79. The van der Waals surface area contributed by atoms with Gasteiger partial charge in [-0.05, 0) is 58.5 Å². The zero-order valence-corrected chi connectivity index (χ0v) is 19.3. The Kier molecular flexibility index (Phi) is 6.01. The summed E-state index contributed by atoms with van der Waals surface area (Å²) in [5.74, 6) is 1.75. The second-order valence-corrected chi connectivity index (χ2v) is 8.34. The van der Waals surface area contributed by atoms with Crippen LogP contribution in [0, 0.1) is 5.92 Å². The van der Waals surface area contributed by atoms with Crippen molar-refractivity contribution in [1.29, 1.82) is 0 Å². The average molecular weight is 447 g/mol. The molecule has 0 saturated carbocycles. The Morgan fingerprint density at radius 2 is 1.26 bits per heavy atom. The van der Waals surface area contributed by atoms with E-state index in [1.165, 1.54) is 0 Å². The Morgan fingerprint density at radius 3 is 1.79 bits per heavy atom. The Balaban J connectivity index is 1.77. The van der Waals surface area contributed by atoms with Crippen LogP contribution >= 0.6 is 0 Å². The molecule has 0 spiro atoms. The highest BCUT2D eigenvalue weighted by molar-refractivity contribution is 6.52. The van der Waals surface area contributed by atoms with Crippen molar-refractivity contribution >= 4 is 22.5 Å². The van der Waals surface area contributed by atoms with E-state index >= 15 is 0 Å². The summed E-state index contributed by atoms with van der Waals surface area (Å²) < 4.78 is 10.8. The van der Waals surface area contributed by atoms with Gasteiger partial charge in [-0.1, -0.05) is 78.9 Å². The van der Waals surface area contributed by atoms with Crippen LogP contribution in [0.3, 0.4) is 0 Å². The molecular formula is C31H26O3. The topological polar surface area (TPSA) is 35.5 Å². The van der Waals surface area contributed by atoms with E-state index in [2.05, 4.69) is 12.2 Å². The summed E-state index contributed by atoms with van der Waals surface area (Å²) in [4.78, 5) is 14.2. The lowest BCUT2D eigenvalue weighted by Gasteiger charge is -2.22. The molecule has 0 aliphatic heterocycles. The highest BCUT2D eigenvalue weighted by atomic mass is 16.5. The van der Waals surface area contributed by atoms with Crippen LogP contribution in [0.4, 0.5) is 0 Å². The van der Waals surface area contributed by atoms with E-state index in [1.54, 1.807) is 14.2 Å². The van der Waals surface area contributed by atoms with Gasteiger partial charge in [0, 0.05) is 17.1 Å². The summed E-state index contributed by atoms with van der Waals surface area (Å²) >= 11 is 0. The first-order valence-corrected chi connectivity index (χ1v) is 11.4. The van der Waals surface area contributed by atoms with E-state index in [4.69, 9.17) is 9.47 Å². The number of methoxy groups -OCH3 is 2. The molecule has 0 aromatic heterocycles. The quantitative estimate of drug-likeness (QED) is 0.420. The van der Waals surface area contributed by atoms with E-state index in [1.807, 2.05) is 91.0 Å². The predicted octanol–water partition coefficient (Wildman–Crippen LogP) is 6.75. The third-order valence-corrected chi connectivity index (χ3v) is 6.42. The van der Waals surface area contributed by atoms with Gasteiger partial charge in [0.1, 0.15) is 11.5 Å². The van der Waals surface area contributed by atoms with Crippen LogP contribution in [0.1, 0.15) is 23.1 Å². The SMILES string of the molecule is COC1=CCC(C2=C(c3ccccc3)C(=O)C(c3ccccc3)=C2c2ccc(OC)cc2)C=C1. The van der Waals surface area contributed by atoms with E-state index in [0.29, 0.717) is 0 Å². The van der Waals surface area contributed by atoms with Crippen molar-refractivity contribution in [1.82, 2.24) is 0 Å². The van der Waals surface area contributed by atoms with Crippen LogP contribution in [-0.2, 0) is 9.53 Å². The summed E-state index contributed by atoms with van der Waals surface area (Å²) in [6.07, 6.45) is 7.01. The van der Waals surface area contributed by atoms with E-state index < -0.39 is 0 Å². The van der Waals surface area contributed by atoms with Gasteiger partial charge in [0.25, 0.3) is 0 Å². The monoisotopic (exact) mass is 446 g/mol. The molecule has 5 rings (SSSR count). The summed E-state index contributed by atoms with van der Waals surface area (Å²) in [5.41, 5.74) is 6.43. The van der Waals surface area contributed by atoms with Gasteiger partial charge in [-0.15, -0.1) is 0 Å². The lowest BCUT2D eigenvalue weighted by atomic mass is 9.82. The maximum absolute atomic E-state index is 14.2. The van der Waals surface area contributed by atoms with Crippen LogP contribution in [0.2, 0.25) is 0 Å². The molecule has 0 heterocycles. The summed E-state index contributed by atoms with van der Waals surface area (Å²) in [7, 11) is 3.34. The standard InChI is InChI=1S/C31H26O3/c1-33-25-17-13-23(14-18-25)27-28(24-15-19-26(34-2)20-16-24)30(22-11-7-4-8-12-22)31(32)29(27)21-9-5-3-6-10-21/h3-15,17-20,24H,16H2,1-2H3. The number of benzene rings is 3. The van der Waals surface area contributed by atoms with Crippen molar-refractivity contribution in [3.8, 4) is 5.75 Å². The molecule has 2 aliphatic rings. The lowest BCUT2D eigenvalue weighted by molar-refractivity contribution is -0.108. The molecule has 0 N–H and O–H groups in total. The molecule has 34 heavy (non-hydrogen) atoms. The third-order valence-electron chi connectivity index (χ3n) is 6.42. The number of allylic oxidation sites excluding steroid dienone is 7. The second kappa shape index (κ2) is 9.40. The number of hydrogen-bond donors (Lipinski definition) is 0. The van der Waals surface area contributed by atoms with Gasteiger partial charge in [-0.2, -0.15) is 0 Å². The normalized spacial score (nSPS) is 17.8. The molecule has 3 heteroatoms. The fraction of sp³-hybridized carbons (Fsp3) is 0.129. The number of rotatable bonds is 6. The van der Waals surface area contributed by atoms with Crippen molar-refractivity contribution < 1.29 is 14.3 Å². The molecule has 0 amide bonds. The largest absolute Gasteiger partial charge is 0.497 e. The smallest absolute Gasteiger partial charge is 0.195 e. The Bertz CT molecular complexity index is 1320. The zero-order chi connectivity index (χ0) is 23.5. The van der Waals surface area contributed by atoms with Crippen molar-refractivity contribution in [2.24, 2.45) is 5.92 Å². The molecule has 0 fully saturated rings. The van der Waals surface area contributed by atoms with Crippen LogP contribution in [0.5, 0.6) is 5.75 Å². The van der Waals surface area contributed by atoms with Crippen LogP contribution in [0.15, 0.2) is 114 Å². The Labute approximate surface area is 200 Å². The number of ether oxygens (including phenoxy) is 2. The minimum absolute atomic E-state index is 0.0522. The van der Waals surface area contributed by atoms with Crippen molar-refractivity contribution in [3.63, 3.8) is 0 Å². The molecule has 0 radical (unpaired) electrons. The Morgan fingerprint density at radius 1 is 0.676 bits per heavy atom. The van der Waals surface area contributed by atoms with Crippen LogP contribution in [-0.4, -0.2) is 20.0 Å². The molecule has 1 unspecified atom stereocenters. The predicted molar refractivity (Wildman–Crippen MR) is 137 cm³/mol. The van der Waals surface area contributed by atoms with Gasteiger partial charge < -0.3 is 9.47 Å². The number of Topliss-reactive ketones (excluding diaryl/α,β-unsaturated/α-hetero) is 1. The molecule has 3 nitrogen and oxygen atoms in total. The van der Waals surface area contributed by atoms with Gasteiger partial charge in [-0.25, -0.2) is 0 Å². The first kappa shape index (κ1) is 21.7.